The van der Waals surface area contributed by atoms with Gasteiger partial charge in [-0.05, 0) is 65.0 Å². The fourth-order valence-corrected chi connectivity index (χ4v) is 4.03. The summed E-state index contributed by atoms with van der Waals surface area (Å²) < 4.78 is 11.6. The van der Waals surface area contributed by atoms with Gasteiger partial charge in [-0.2, -0.15) is 0 Å². The molecule has 1 aromatic rings. The predicted molar refractivity (Wildman–Crippen MR) is 97.7 cm³/mol. The summed E-state index contributed by atoms with van der Waals surface area (Å²) in [6.45, 7) is 9.83. The van der Waals surface area contributed by atoms with Gasteiger partial charge < -0.3 is 14.4 Å². The molecule has 5 nitrogen and oxygen atoms in total. The van der Waals surface area contributed by atoms with Crippen molar-refractivity contribution in [1.82, 2.24) is 4.98 Å². The first kappa shape index (κ1) is 18.2. The Morgan fingerprint density at radius 1 is 1.40 bits per heavy atom. The summed E-state index contributed by atoms with van der Waals surface area (Å²) >= 11 is 0. The minimum absolute atomic E-state index is 0.0474. The third kappa shape index (κ3) is 3.39. The predicted octanol–water partition coefficient (Wildman–Crippen LogP) is 3.36. The smallest absolute Gasteiger partial charge is 0.332 e. The Morgan fingerprint density at radius 3 is 2.64 bits per heavy atom. The molecule has 5 heteroatoms. The number of fused-ring (bicyclic) bond motifs is 1. The number of anilines is 1. The van der Waals surface area contributed by atoms with Crippen molar-refractivity contribution < 1.29 is 14.3 Å². The van der Waals surface area contributed by atoms with Crippen molar-refractivity contribution >= 4 is 11.8 Å². The lowest BCUT2D eigenvalue weighted by Gasteiger charge is -2.42. The van der Waals surface area contributed by atoms with Crippen LogP contribution in [0.2, 0.25) is 0 Å². The van der Waals surface area contributed by atoms with E-state index in [1.165, 1.54) is 12.8 Å². The molecule has 0 radical (unpaired) electrons. The third-order valence-corrected chi connectivity index (χ3v) is 5.24. The van der Waals surface area contributed by atoms with Crippen molar-refractivity contribution in [2.75, 3.05) is 12.0 Å². The van der Waals surface area contributed by atoms with Crippen molar-refractivity contribution in [1.29, 1.82) is 0 Å². The van der Waals surface area contributed by atoms with Gasteiger partial charge in [-0.25, -0.2) is 9.78 Å². The van der Waals surface area contributed by atoms with Gasteiger partial charge in [0.1, 0.15) is 17.0 Å². The molecule has 1 aliphatic carbocycles. The summed E-state index contributed by atoms with van der Waals surface area (Å²) in [5, 5.41) is 0. The molecule has 2 heterocycles. The second-order valence-corrected chi connectivity index (χ2v) is 8.59. The molecule has 138 valence electrons. The molecule has 3 unspecified atom stereocenters. The number of nitrogens with zero attached hydrogens (tertiary/aromatic N) is 2. The fourth-order valence-electron chi connectivity index (χ4n) is 4.03. The monoisotopic (exact) mass is 346 g/mol. The molecule has 0 amide bonds. The molecule has 25 heavy (non-hydrogen) atoms. The first-order valence-electron chi connectivity index (χ1n) is 9.17. The van der Waals surface area contributed by atoms with Crippen LogP contribution in [0.25, 0.3) is 0 Å². The van der Waals surface area contributed by atoms with Crippen molar-refractivity contribution in [3.05, 3.63) is 23.9 Å². The van der Waals surface area contributed by atoms with E-state index in [9.17, 15) is 4.79 Å². The Morgan fingerprint density at radius 2 is 2.08 bits per heavy atom. The topological polar surface area (TPSA) is 51.7 Å². The van der Waals surface area contributed by atoms with Crippen molar-refractivity contribution in [3.8, 4) is 0 Å². The lowest BCUT2D eigenvalue weighted by atomic mass is 9.93. The van der Waals surface area contributed by atoms with Gasteiger partial charge in [0, 0.05) is 19.7 Å². The van der Waals surface area contributed by atoms with E-state index in [1.54, 1.807) is 13.3 Å². The standard InChI is InChI=1S/C20H30N2O3/c1-13(16(24-6)14-9-10-14)22-17-15(8-7-11-21-17)12-20(22,5)18(23)25-19(2,3)4/h7-8,11,13-14,16H,9-10,12H2,1-6H3. The van der Waals surface area contributed by atoms with Gasteiger partial charge in [-0.3, -0.25) is 0 Å². The second kappa shape index (κ2) is 6.27. The van der Waals surface area contributed by atoms with Crippen molar-refractivity contribution in [2.45, 2.75) is 77.2 Å². The molecule has 1 aliphatic heterocycles. The second-order valence-electron chi connectivity index (χ2n) is 8.59. The number of ether oxygens (including phenoxy) is 2. The van der Waals surface area contributed by atoms with Crippen molar-refractivity contribution in [2.24, 2.45) is 5.92 Å². The zero-order valence-electron chi connectivity index (χ0n) is 16.2. The van der Waals surface area contributed by atoms with Crippen LogP contribution in [0.5, 0.6) is 0 Å². The Bertz CT molecular complexity index is 651. The number of pyridine rings is 1. The van der Waals surface area contributed by atoms with Gasteiger partial charge in [-0.1, -0.05) is 6.07 Å². The van der Waals surface area contributed by atoms with E-state index >= 15 is 0 Å². The summed E-state index contributed by atoms with van der Waals surface area (Å²) in [6, 6.07) is 4.03. The van der Waals surface area contributed by atoms with Crippen LogP contribution in [0.4, 0.5) is 5.82 Å². The van der Waals surface area contributed by atoms with Crippen LogP contribution in [-0.2, 0) is 20.7 Å². The molecule has 0 spiro atoms. The maximum Gasteiger partial charge on any atom is 0.332 e. The van der Waals surface area contributed by atoms with Crippen LogP contribution in [-0.4, -0.2) is 41.3 Å². The maximum absolute atomic E-state index is 13.1. The molecule has 0 N–H and O–H groups in total. The number of rotatable bonds is 5. The molecular formula is C20H30N2O3. The molecule has 3 atom stereocenters. The first-order valence-corrected chi connectivity index (χ1v) is 9.17. The van der Waals surface area contributed by atoms with E-state index in [0.717, 1.165) is 11.4 Å². The number of carbonyl (C=O) groups is 1. The molecule has 2 aliphatic rings. The van der Waals surface area contributed by atoms with Crippen LogP contribution in [0.1, 0.15) is 53.0 Å². The highest BCUT2D eigenvalue weighted by atomic mass is 16.6. The third-order valence-electron chi connectivity index (χ3n) is 5.24. The van der Waals surface area contributed by atoms with Gasteiger partial charge in [0.05, 0.1) is 12.1 Å². The largest absolute Gasteiger partial charge is 0.458 e. The van der Waals surface area contributed by atoms with E-state index in [2.05, 4.69) is 22.9 Å². The fraction of sp³-hybridized carbons (Fsp3) is 0.700. The Kier molecular flexibility index (Phi) is 4.56. The number of hydrogen-bond acceptors (Lipinski definition) is 5. The Hall–Kier alpha value is -1.62. The van der Waals surface area contributed by atoms with Gasteiger partial charge >= 0.3 is 5.97 Å². The van der Waals surface area contributed by atoms with E-state index in [4.69, 9.17) is 9.47 Å². The van der Waals surface area contributed by atoms with Crippen molar-refractivity contribution in [3.63, 3.8) is 0 Å². The molecule has 1 saturated carbocycles. The Balaban J connectivity index is 1.98. The molecule has 0 bridgehead atoms. The summed E-state index contributed by atoms with van der Waals surface area (Å²) in [7, 11) is 1.76. The normalized spacial score (nSPS) is 25.4. The lowest BCUT2D eigenvalue weighted by molar-refractivity contribution is -0.161. The molecule has 0 saturated heterocycles. The van der Waals surface area contributed by atoms with E-state index in [1.807, 2.05) is 33.8 Å². The summed E-state index contributed by atoms with van der Waals surface area (Å²) in [5.74, 6) is 1.25. The van der Waals surface area contributed by atoms with Crippen LogP contribution in [0.3, 0.4) is 0 Å². The summed E-state index contributed by atoms with van der Waals surface area (Å²) in [4.78, 5) is 19.9. The lowest BCUT2D eigenvalue weighted by Crippen LogP contribution is -2.59. The minimum Gasteiger partial charge on any atom is -0.458 e. The van der Waals surface area contributed by atoms with Crippen LogP contribution in [0, 0.1) is 5.92 Å². The highest BCUT2D eigenvalue weighted by molar-refractivity contribution is 5.88. The zero-order valence-corrected chi connectivity index (χ0v) is 16.2. The summed E-state index contributed by atoms with van der Waals surface area (Å²) in [5.41, 5.74) is -0.197. The molecular weight excluding hydrogens is 316 g/mol. The highest BCUT2D eigenvalue weighted by Gasteiger charge is 2.53. The van der Waals surface area contributed by atoms with Gasteiger partial charge in [0.2, 0.25) is 0 Å². The number of aromatic nitrogens is 1. The quantitative estimate of drug-likeness (QED) is 0.765. The SMILES string of the molecule is COC(C1CC1)C(C)N1c2ncccc2CC1(C)C(=O)OC(C)(C)C. The number of esters is 1. The first-order chi connectivity index (χ1) is 11.7. The number of hydrogen-bond donors (Lipinski definition) is 0. The van der Waals surface area contributed by atoms with Gasteiger partial charge in [0.25, 0.3) is 0 Å². The highest BCUT2D eigenvalue weighted by Crippen LogP contribution is 2.44. The van der Waals surface area contributed by atoms with E-state index in [0.29, 0.717) is 12.3 Å². The zero-order chi connectivity index (χ0) is 18.4. The molecule has 3 rings (SSSR count). The minimum atomic E-state index is -0.769. The van der Waals surface area contributed by atoms with Gasteiger partial charge in [0.15, 0.2) is 0 Å². The number of carbonyl (C=O) groups excluding carboxylic acids is 1. The van der Waals surface area contributed by atoms with Crippen LogP contribution < -0.4 is 4.90 Å². The molecule has 1 fully saturated rings. The Labute approximate surface area is 150 Å². The van der Waals surface area contributed by atoms with Gasteiger partial charge in [-0.15, -0.1) is 0 Å². The van der Waals surface area contributed by atoms with Crippen LogP contribution >= 0.6 is 0 Å². The van der Waals surface area contributed by atoms with E-state index < -0.39 is 11.1 Å². The average molecular weight is 346 g/mol. The molecule has 1 aromatic heterocycles. The summed E-state index contributed by atoms with van der Waals surface area (Å²) in [6.07, 6.45) is 4.87. The van der Waals surface area contributed by atoms with Crippen LogP contribution in [0.15, 0.2) is 18.3 Å². The maximum atomic E-state index is 13.1. The number of methoxy groups -OCH3 is 1. The average Bonchev–Trinajstić information content (AvgIpc) is 3.28. The van der Waals surface area contributed by atoms with E-state index in [-0.39, 0.29) is 18.1 Å². The molecule has 0 aromatic carbocycles.